The van der Waals surface area contributed by atoms with Gasteiger partial charge in [-0.15, -0.1) is 0 Å². The highest BCUT2D eigenvalue weighted by atomic mass is 79.9. The van der Waals surface area contributed by atoms with Crippen LogP contribution in [0.5, 0.6) is 0 Å². The van der Waals surface area contributed by atoms with E-state index in [4.69, 9.17) is 0 Å². The van der Waals surface area contributed by atoms with Crippen LogP contribution in [-0.4, -0.2) is 14.3 Å². The molecule has 4 nitrogen and oxygen atoms in total. The topological polar surface area (TPSA) is 63.2 Å². The SMILES string of the molecule is O=C1NS(=O)(=O)c2c(Br)cccc21. The highest BCUT2D eigenvalue weighted by molar-refractivity contribution is 9.10. The van der Waals surface area contributed by atoms with Gasteiger partial charge in [0.05, 0.1) is 5.56 Å². The van der Waals surface area contributed by atoms with Gasteiger partial charge in [-0.2, -0.15) is 0 Å². The number of carbonyl (C=O) groups excluding carboxylic acids is 1. The Hall–Kier alpha value is -0.880. The summed E-state index contributed by atoms with van der Waals surface area (Å²) in [5, 5.41) is 0. The Balaban J connectivity index is 2.89. The third kappa shape index (κ3) is 1.17. The highest BCUT2D eigenvalue weighted by Gasteiger charge is 2.33. The van der Waals surface area contributed by atoms with E-state index in [1.165, 1.54) is 6.07 Å². The molecule has 1 aromatic rings. The quantitative estimate of drug-likeness (QED) is 0.754. The summed E-state index contributed by atoms with van der Waals surface area (Å²) in [5.74, 6) is -0.573. The second kappa shape index (κ2) is 2.55. The number of sulfonamides is 1. The van der Waals surface area contributed by atoms with E-state index in [0.717, 1.165) is 0 Å². The maximum absolute atomic E-state index is 11.3. The van der Waals surface area contributed by atoms with Crippen LogP contribution in [0.1, 0.15) is 10.4 Å². The van der Waals surface area contributed by atoms with Gasteiger partial charge in [0.1, 0.15) is 4.90 Å². The molecule has 1 aliphatic heterocycles. The number of nitrogens with one attached hydrogen (secondary N) is 1. The molecule has 2 rings (SSSR count). The molecule has 1 heterocycles. The number of amides is 1. The molecular formula is C7H4BrNO3S. The van der Waals surface area contributed by atoms with Crippen molar-refractivity contribution < 1.29 is 13.2 Å². The lowest BCUT2D eigenvalue weighted by atomic mass is 10.2. The number of fused-ring (bicyclic) bond motifs is 1. The van der Waals surface area contributed by atoms with Crippen LogP contribution in [0.3, 0.4) is 0 Å². The lowest BCUT2D eigenvalue weighted by Crippen LogP contribution is -2.20. The molecule has 0 saturated carbocycles. The van der Waals surface area contributed by atoms with Crippen molar-refractivity contribution in [2.24, 2.45) is 0 Å². The summed E-state index contributed by atoms with van der Waals surface area (Å²) >= 11 is 3.08. The van der Waals surface area contributed by atoms with Crippen molar-refractivity contribution >= 4 is 31.9 Å². The van der Waals surface area contributed by atoms with E-state index in [1.807, 2.05) is 4.72 Å². The van der Waals surface area contributed by atoms with Crippen molar-refractivity contribution in [2.75, 3.05) is 0 Å². The molecule has 1 aliphatic rings. The molecule has 0 radical (unpaired) electrons. The van der Waals surface area contributed by atoms with Gasteiger partial charge >= 0.3 is 0 Å². The molecule has 1 amide bonds. The van der Waals surface area contributed by atoms with Crippen molar-refractivity contribution in [2.45, 2.75) is 4.90 Å². The third-order valence-corrected chi connectivity index (χ3v) is 4.06. The molecular weight excluding hydrogens is 258 g/mol. The molecule has 6 heteroatoms. The first kappa shape index (κ1) is 8.71. The Morgan fingerprint density at radius 3 is 2.62 bits per heavy atom. The van der Waals surface area contributed by atoms with Crippen LogP contribution in [0.15, 0.2) is 27.6 Å². The summed E-state index contributed by atoms with van der Waals surface area (Å²) in [4.78, 5) is 11.2. The predicted molar refractivity (Wildman–Crippen MR) is 48.8 cm³/mol. The standard InChI is InChI=1S/C7H4BrNO3S/c8-5-3-1-2-4-6(5)13(11,12)9-7(4)10/h1-3H,(H,9,10). The fourth-order valence-corrected chi connectivity index (χ4v) is 3.43. The van der Waals surface area contributed by atoms with E-state index in [9.17, 15) is 13.2 Å². The van der Waals surface area contributed by atoms with E-state index < -0.39 is 15.9 Å². The zero-order chi connectivity index (χ0) is 9.64. The Kier molecular flexibility index (Phi) is 1.71. The van der Waals surface area contributed by atoms with Crippen molar-refractivity contribution in [3.05, 3.63) is 28.2 Å². The molecule has 0 bridgehead atoms. The second-order valence-corrected chi connectivity index (χ2v) is 5.02. The van der Waals surface area contributed by atoms with Crippen molar-refractivity contribution in [1.82, 2.24) is 4.72 Å². The number of hydrogen-bond acceptors (Lipinski definition) is 3. The first-order valence-electron chi connectivity index (χ1n) is 3.38. The number of benzene rings is 1. The van der Waals surface area contributed by atoms with Gasteiger partial charge in [0.25, 0.3) is 15.9 Å². The van der Waals surface area contributed by atoms with E-state index in [-0.39, 0.29) is 10.5 Å². The zero-order valence-electron chi connectivity index (χ0n) is 6.24. The molecule has 13 heavy (non-hydrogen) atoms. The summed E-state index contributed by atoms with van der Waals surface area (Å²) in [6, 6.07) is 4.67. The molecule has 0 aromatic heterocycles. The van der Waals surface area contributed by atoms with Crippen LogP contribution < -0.4 is 4.72 Å². The first-order valence-corrected chi connectivity index (χ1v) is 5.65. The minimum Gasteiger partial charge on any atom is -0.268 e. The number of halogens is 1. The number of hydrogen-bond donors (Lipinski definition) is 1. The fourth-order valence-electron chi connectivity index (χ4n) is 1.19. The van der Waals surface area contributed by atoms with Gasteiger partial charge in [-0.05, 0) is 28.1 Å². The Labute approximate surface area is 83.1 Å². The Morgan fingerprint density at radius 2 is 2.00 bits per heavy atom. The van der Waals surface area contributed by atoms with Crippen molar-refractivity contribution in [3.8, 4) is 0 Å². The van der Waals surface area contributed by atoms with Crippen LogP contribution in [0.2, 0.25) is 0 Å². The molecule has 0 unspecified atom stereocenters. The van der Waals surface area contributed by atoms with Crippen LogP contribution >= 0.6 is 15.9 Å². The lowest BCUT2D eigenvalue weighted by Gasteiger charge is -1.96. The third-order valence-electron chi connectivity index (χ3n) is 1.71. The van der Waals surface area contributed by atoms with Crippen molar-refractivity contribution in [1.29, 1.82) is 0 Å². The minimum absolute atomic E-state index is 0.0278. The summed E-state index contributed by atoms with van der Waals surface area (Å²) < 4.78 is 25.0. The number of rotatable bonds is 0. The van der Waals surface area contributed by atoms with Gasteiger partial charge in [0.2, 0.25) is 0 Å². The summed E-state index contributed by atoms with van der Waals surface area (Å²) in [6.45, 7) is 0. The molecule has 0 saturated heterocycles. The number of carbonyl (C=O) groups is 1. The molecule has 1 aromatic carbocycles. The average Bonchev–Trinajstić information content (AvgIpc) is 2.24. The van der Waals surface area contributed by atoms with Crippen LogP contribution in [0.25, 0.3) is 0 Å². The van der Waals surface area contributed by atoms with Gasteiger partial charge < -0.3 is 0 Å². The fraction of sp³-hybridized carbons (Fsp3) is 0. The Morgan fingerprint density at radius 1 is 1.31 bits per heavy atom. The second-order valence-electron chi connectivity index (χ2n) is 2.55. The molecule has 68 valence electrons. The Bertz CT molecular complexity index is 494. The normalized spacial score (nSPS) is 18.1. The van der Waals surface area contributed by atoms with E-state index >= 15 is 0 Å². The van der Waals surface area contributed by atoms with Crippen molar-refractivity contribution in [3.63, 3.8) is 0 Å². The highest BCUT2D eigenvalue weighted by Crippen LogP contribution is 2.29. The van der Waals surface area contributed by atoms with Gasteiger partial charge in [0.15, 0.2) is 0 Å². The van der Waals surface area contributed by atoms with Gasteiger partial charge in [-0.3, -0.25) is 4.79 Å². The molecule has 0 fully saturated rings. The van der Waals surface area contributed by atoms with Crippen LogP contribution in [-0.2, 0) is 10.0 Å². The largest absolute Gasteiger partial charge is 0.268 e. The van der Waals surface area contributed by atoms with Crippen LogP contribution in [0, 0.1) is 0 Å². The molecule has 1 N–H and O–H groups in total. The van der Waals surface area contributed by atoms with Crippen LogP contribution in [0.4, 0.5) is 0 Å². The monoisotopic (exact) mass is 261 g/mol. The minimum atomic E-state index is -3.63. The lowest BCUT2D eigenvalue weighted by molar-refractivity contribution is 0.0985. The molecule has 0 spiro atoms. The molecule has 0 atom stereocenters. The summed E-state index contributed by atoms with van der Waals surface area (Å²) in [7, 11) is -3.63. The summed E-state index contributed by atoms with van der Waals surface area (Å²) in [5.41, 5.74) is 0.189. The summed E-state index contributed by atoms with van der Waals surface area (Å²) in [6.07, 6.45) is 0. The smallest absolute Gasteiger partial charge is 0.266 e. The van der Waals surface area contributed by atoms with E-state index in [1.54, 1.807) is 12.1 Å². The van der Waals surface area contributed by atoms with Gasteiger partial charge in [-0.1, -0.05) is 6.07 Å². The van der Waals surface area contributed by atoms with E-state index in [2.05, 4.69) is 15.9 Å². The van der Waals surface area contributed by atoms with Gasteiger partial charge in [-0.25, -0.2) is 13.1 Å². The maximum atomic E-state index is 11.3. The average molecular weight is 262 g/mol. The molecule has 0 aliphatic carbocycles. The van der Waals surface area contributed by atoms with E-state index in [0.29, 0.717) is 4.47 Å². The first-order chi connectivity index (χ1) is 6.02. The maximum Gasteiger partial charge on any atom is 0.266 e. The predicted octanol–water partition coefficient (Wildman–Crippen LogP) is 0.881. The zero-order valence-corrected chi connectivity index (χ0v) is 8.65. The van der Waals surface area contributed by atoms with Gasteiger partial charge in [0, 0.05) is 4.47 Å².